The summed E-state index contributed by atoms with van der Waals surface area (Å²) in [6, 6.07) is 60.8. The maximum absolute atomic E-state index is 3.64. The van der Waals surface area contributed by atoms with Crippen LogP contribution in [0, 0.1) is 0 Å². The van der Waals surface area contributed by atoms with Crippen LogP contribution in [-0.2, 0) is 0 Å². The summed E-state index contributed by atoms with van der Waals surface area (Å²) in [4.78, 5) is 5.93. The molecule has 1 N–H and O–H groups in total. The van der Waals surface area contributed by atoms with Crippen LogP contribution in [0.25, 0.3) is 60.4 Å². The third-order valence-corrected chi connectivity index (χ3v) is 8.91. The van der Waals surface area contributed by atoms with Gasteiger partial charge in [0, 0.05) is 55.3 Å². The topological polar surface area (TPSA) is 24.0 Å². The van der Waals surface area contributed by atoms with E-state index >= 15 is 0 Å². The van der Waals surface area contributed by atoms with Gasteiger partial charge in [0.2, 0.25) is 0 Å². The summed E-state index contributed by atoms with van der Waals surface area (Å²) in [7, 11) is 0. The lowest BCUT2D eigenvalue weighted by molar-refractivity contribution is 1.18. The van der Waals surface area contributed by atoms with Gasteiger partial charge in [-0.05, 0) is 83.9 Å². The first-order chi connectivity index (χ1) is 22.3. The van der Waals surface area contributed by atoms with Gasteiger partial charge in [-0.3, -0.25) is 0 Å². The summed E-state index contributed by atoms with van der Waals surface area (Å²) < 4.78 is 2.39. The number of nitrogens with zero attached hydrogens (tertiary/aromatic N) is 2. The first kappa shape index (κ1) is 25.4. The summed E-state index contributed by atoms with van der Waals surface area (Å²) in [5.74, 6) is 0. The highest BCUT2D eigenvalue weighted by atomic mass is 15.1. The molecule has 9 aromatic rings. The lowest BCUT2D eigenvalue weighted by Crippen LogP contribution is -2.09. The smallest absolute Gasteiger partial charge is 0.0562 e. The fourth-order valence-electron chi connectivity index (χ4n) is 6.80. The number of para-hydroxylation sites is 4. The number of H-pyrrole nitrogens is 1. The monoisotopic (exact) mass is 575 g/mol. The van der Waals surface area contributed by atoms with E-state index < -0.39 is 0 Å². The number of nitrogens with one attached hydrogen (secondary N) is 1. The Bertz CT molecular complexity index is 2410. The van der Waals surface area contributed by atoms with Crippen molar-refractivity contribution >= 4 is 60.7 Å². The van der Waals surface area contributed by atoms with Crippen LogP contribution in [0.2, 0.25) is 0 Å². The molecule has 0 aliphatic carbocycles. The van der Waals surface area contributed by atoms with E-state index in [2.05, 4.69) is 184 Å². The van der Waals surface area contributed by atoms with Gasteiger partial charge in [0.05, 0.1) is 11.0 Å². The molecule has 9 rings (SSSR count). The number of hydrogen-bond acceptors (Lipinski definition) is 1. The molecule has 0 bridgehead atoms. The van der Waals surface area contributed by atoms with Crippen LogP contribution in [0.3, 0.4) is 0 Å². The van der Waals surface area contributed by atoms with Crippen molar-refractivity contribution in [2.45, 2.75) is 0 Å². The minimum absolute atomic E-state index is 1.13. The molecule has 7 aromatic carbocycles. The normalized spacial score (nSPS) is 11.6. The molecule has 0 aliphatic rings. The zero-order valence-corrected chi connectivity index (χ0v) is 24.6. The average molecular weight is 576 g/mol. The highest BCUT2D eigenvalue weighted by Gasteiger charge is 2.16. The summed E-state index contributed by atoms with van der Waals surface area (Å²) in [5.41, 5.74) is 11.7. The Kier molecular flexibility index (Phi) is 5.82. The molecule has 0 spiro atoms. The summed E-state index contributed by atoms with van der Waals surface area (Å²) in [6.07, 6.45) is 0. The van der Waals surface area contributed by atoms with Gasteiger partial charge in [-0.2, -0.15) is 0 Å². The molecular formula is C42H29N3. The van der Waals surface area contributed by atoms with Gasteiger partial charge in [-0.1, -0.05) is 97.1 Å². The number of rotatable bonds is 5. The summed E-state index contributed by atoms with van der Waals surface area (Å²) in [6.45, 7) is 0. The molecule has 3 heteroatoms. The fraction of sp³-hybridized carbons (Fsp3) is 0. The molecule has 0 atom stereocenters. The number of aromatic amines is 1. The van der Waals surface area contributed by atoms with Gasteiger partial charge in [0.25, 0.3) is 0 Å². The van der Waals surface area contributed by atoms with Crippen LogP contribution in [0.15, 0.2) is 170 Å². The molecule has 0 saturated heterocycles. The molecule has 2 heterocycles. The van der Waals surface area contributed by atoms with Crippen LogP contribution < -0.4 is 4.90 Å². The van der Waals surface area contributed by atoms with Gasteiger partial charge in [0.1, 0.15) is 0 Å². The molecule has 45 heavy (non-hydrogen) atoms. The van der Waals surface area contributed by atoms with Crippen molar-refractivity contribution in [3.05, 3.63) is 170 Å². The van der Waals surface area contributed by atoms with E-state index in [0.29, 0.717) is 0 Å². The van der Waals surface area contributed by atoms with E-state index in [-0.39, 0.29) is 0 Å². The zero-order chi connectivity index (χ0) is 29.7. The second-order valence-electron chi connectivity index (χ2n) is 11.5. The van der Waals surface area contributed by atoms with Crippen LogP contribution in [0.1, 0.15) is 0 Å². The molecule has 0 fully saturated rings. The Morgan fingerprint density at radius 3 is 1.62 bits per heavy atom. The minimum Gasteiger partial charge on any atom is -0.354 e. The largest absolute Gasteiger partial charge is 0.354 e. The Balaban J connectivity index is 1.11. The number of hydrogen-bond donors (Lipinski definition) is 1. The number of anilines is 3. The maximum atomic E-state index is 3.64. The Labute approximate surface area is 261 Å². The molecular weight excluding hydrogens is 546 g/mol. The van der Waals surface area contributed by atoms with Crippen molar-refractivity contribution in [3.8, 4) is 16.8 Å². The van der Waals surface area contributed by atoms with Crippen LogP contribution in [-0.4, -0.2) is 9.55 Å². The van der Waals surface area contributed by atoms with Gasteiger partial charge in [-0.25, -0.2) is 0 Å². The fourth-order valence-corrected chi connectivity index (χ4v) is 6.80. The van der Waals surface area contributed by atoms with Crippen molar-refractivity contribution in [2.24, 2.45) is 0 Å². The third-order valence-electron chi connectivity index (χ3n) is 8.91. The van der Waals surface area contributed by atoms with E-state index in [1.54, 1.807) is 0 Å². The van der Waals surface area contributed by atoms with Gasteiger partial charge >= 0.3 is 0 Å². The highest BCUT2D eigenvalue weighted by molar-refractivity contribution is 6.18. The second-order valence-corrected chi connectivity index (χ2v) is 11.5. The second kappa shape index (κ2) is 10.3. The van der Waals surface area contributed by atoms with Crippen molar-refractivity contribution < 1.29 is 0 Å². The molecule has 212 valence electrons. The van der Waals surface area contributed by atoms with Crippen molar-refractivity contribution in [2.75, 3.05) is 4.90 Å². The van der Waals surface area contributed by atoms with Gasteiger partial charge in [0.15, 0.2) is 0 Å². The lowest BCUT2D eigenvalue weighted by atomic mass is 10.0. The third kappa shape index (κ3) is 4.21. The number of benzene rings is 7. The maximum Gasteiger partial charge on any atom is 0.0562 e. The van der Waals surface area contributed by atoms with E-state index in [0.717, 1.165) is 28.3 Å². The van der Waals surface area contributed by atoms with Crippen LogP contribution in [0.5, 0.6) is 0 Å². The summed E-state index contributed by atoms with van der Waals surface area (Å²) in [5, 5.41) is 5.06. The number of fused-ring (bicyclic) bond motifs is 6. The van der Waals surface area contributed by atoms with Gasteiger partial charge in [-0.15, -0.1) is 0 Å². The molecule has 0 aliphatic heterocycles. The molecule has 3 nitrogen and oxygen atoms in total. The van der Waals surface area contributed by atoms with Crippen molar-refractivity contribution in [1.82, 2.24) is 9.55 Å². The first-order valence-electron chi connectivity index (χ1n) is 15.4. The molecule has 0 amide bonds. The highest BCUT2D eigenvalue weighted by Crippen LogP contribution is 2.38. The van der Waals surface area contributed by atoms with Gasteiger partial charge < -0.3 is 14.5 Å². The Morgan fingerprint density at radius 2 is 0.933 bits per heavy atom. The first-order valence-corrected chi connectivity index (χ1v) is 15.4. The average Bonchev–Trinajstić information content (AvgIpc) is 3.63. The summed E-state index contributed by atoms with van der Waals surface area (Å²) >= 11 is 0. The quantitative estimate of drug-likeness (QED) is 0.217. The standard InChI is InChI=1S/C42H29N3/c1-3-11-31(12-4-1)44(32-13-5-2-6-14-32)33-23-19-29(20-24-33)30-21-25-34(26-22-30)45-41-18-10-8-16-36(41)38-27-37-35-15-7-9-17-39(35)43-40(37)28-42(38)45/h1-28,43H. The van der Waals surface area contributed by atoms with E-state index in [1.165, 1.54) is 49.2 Å². The zero-order valence-electron chi connectivity index (χ0n) is 24.6. The van der Waals surface area contributed by atoms with Crippen LogP contribution >= 0.6 is 0 Å². The van der Waals surface area contributed by atoms with E-state index in [4.69, 9.17) is 0 Å². The van der Waals surface area contributed by atoms with Crippen LogP contribution in [0.4, 0.5) is 17.1 Å². The molecule has 2 aromatic heterocycles. The van der Waals surface area contributed by atoms with Crippen molar-refractivity contribution in [3.63, 3.8) is 0 Å². The number of aromatic nitrogens is 2. The Morgan fingerprint density at radius 1 is 0.378 bits per heavy atom. The molecule has 0 unspecified atom stereocenters. The SMILES string of the molecule is c1ccc(N(c2ccccc2)c2ccc(-c3ccc(-n4c5ccccc5c5cc6c(cc54)[nH]c4ccccc46)cc3)cc2)cc1. The molecule has 0 radical (unpaired) electrons. The van der Waals surface area contributed by atoms with E-state index in [1.807, 2.05) is 0 Å². The Hall–Kier alpha value is -6.06. The lowest BCUT2D eigenvalue weighted by Gasteiger charge is -2.25. The predicted octanol–water partition coefficient (Wildman–Crippen LogP) is 11.6. The van der Waals surface area contributed by atoms with E-state index in [9.17, 15) is 0 Å². The minimum atomic E-state index is 1.13. The molecule has 0 saturated carbocycles. The predicted molar refractivity (Wildman–Crippen MR) is 190 cm³/mol. The van der Waals surface area contributed by atoms with Crippen molar-refractivity contribution in [1.29, 1.82) is 0 Å².